The quantitative estimate of drug-likeness (QED) is 0.835. The van der Waals surface area contributed by atoms with E-state index in [9.17, 15) is 0 Å². The van der Waals surface area contributed by atoms with Gasteiger partial charge in [-0.25, -0.2) is 0 Å². The predicted molar refractivity (Wildman–Crippen MR) is 74.4 cm³/mol. The fraction of sp³-hybridized carbons (Fsp3) is 0.625. The molecular weight excluding hydrogens is 206 g/mol. The Morgan fingerprint density at radius 3 is 2.71 bits per heavy atom. The first-order valence-electron chi connectivity index (χ1n) is 6.92. The molecule has 0 saturated heterocycles. The number of benzene rings is 1. The summed E-state index contributed by atoms with van der Waals surface area (Å²) in [7, 11) is 2.08. The van der Waals surface area contributed by atoms with E-state index in [2.05, 4.69) is 50.5 Å². The van der Waals surface area contributed by atoms with Crippen LogP contribution in [0.4, 0.5) is 0 Å². The molecule has 3 atom stereocenters. The van der Waals surface area contributed by atoms with Crippen LogP contribution in [0.2, 0.25) is 0 Å². The van der Waals surface area contributed by atoms with Crippen LogP contribution < -0.4 is 5.32 Å². The van der Waals surface area contributed by atoms with Gasteiger partial charge in [0.2, 0.25) is 0 Å². The first-order chi connectivity index (χ1) is 8.22. The van der Waals surface area contributed by atoms with Crippen LogP contribution in [-0.2, 0) is 0 Å². The van der Waals surface area contributed by atoms with Crippen LogP contribution in [0.1, 0.15) is 43.2 Å². The number of aryl methyl sites for hydroxylation is 1. The van der Waals surface area contributed by atoms with E-state index in [1.807, 2.05) is 0 Å². The summed E-state index contributed by atoms with van der Waals surface area (Å²) in [5.74, 6) is 2.46. The molecule has 1 aliphatic carbocycles. The molecule has 1 nitrogen and oxygen atoms in total. The zero-order valence-corrected chi connectivity index (χ0v) is 11.4. The van der Waals surface area contributed by atoms with Crippen LogP contribution in [0, 0.1) is 18.8 Å². The molecule has 0 aliphatic heterocycles. The van der Waals surface area contributed by atoms with Crippen LogP contribution in [-0.4, -0.2) is 13.6 Å². The second-order valence-corrected chi connectivity index (χ2v) is 5.70. The van der Waals surface area contributed by atoms with Crippen molar-refractivity contribution in [3.8, 4) is 0 Å². The Morgan fingerprint density at radius 1 is 1.24 bits per heavy atom. The van der Waals surface area contributed by atoms with Gasteiger partial charge >= 0.3 is 0 Å². The number of hydrogen-bond acceptors (Lipinski definition) is 1. The van der Waals surface area contributed by atoms with Crippen LogP contribution >= 0.6 is 0 Å². The van der Waals surface area contributed by atoms with Crippen LogP contribution in [0.3, 0.4) is 0 Å². The van der Waals surface area contributed by atoms with Crippen molar-refractivity contribution in [2.75, 3.05) is 13.6 Å². The van der Waals surface area contributed by atoms with Crippen molar-refractivity contribution < 1.29 is 0 Å². The first-order valence-corrected chi connectivity index (χ1v) is 6.92. The van der Waals surface area contributed by atoms with E-state index in [1.165, 1.54) is 24.8 Å². The van der Waals surface area contributed by atoms with Gasteiger partial charge in [0.1, 0.15) is 0 Å². The molecule has 0 heterocycles. The van der Waals surface area contributed by atoms with Crippen molar-refractivity contribution >= 4 is 0 Å². The summed E-state index contributed by atoms with van der Waals surface area (Å²) in [6.07, 6.45) is 4.13. The third-order valence-corrected chi connectivity index (χ3v) is 4.31. The van der Waals surface area contributed by atoms with Crippen LogP contribution in [0.15, 0.2) is 24.3 Å². The molecule has 1 aliphatic rings. The van der Waals surface area contributed by atoms with Crippen molar-refractivity contribution in [3.63, 3.8) is 0 Å². The third-order valence-electron chi connectivity index (χ3n) is 4.31. The number of nitrogens with one attached hydrogen (secondary N) is 1. The minimum absolute atomic E-state index is 0.757. The molecular formula is C16H25N. The topological polar surface area (TPSA) is 12.0 Å². The summed E-state index contributed by atoms with van der Waals surface area (Å²) in [6, 6.07) is 8.93. The van der Waals surface area contributed by atoms with Crippen molar-refractivity contribution in [2.45, 2.75) is 39.0 Å². The maximum atomic E-state index is 3.37. The molecule has 17 heavy (non-hydrogen) atoms. The van der Waals surface area contributed by atoms with Crippen LogP contribution in [0.25, 0.3) is 0 Å². The van der Waals surface area contributed by atoms with Gasteiger partial charge in [-0.15, -0.1) is 0 Å². The van der Waals surface area contributed by atoms with E-state index < -0.39 is 0 Å². The Hall–Kier alpha value is -0.820. The largest absolute Gasteiger partial charge is 0.319 e. The summed E-state index contributed by atoms with van der Waals surface area (Å²) >= 11 is 0. The Bertz CT molecular complexity index is 358. The second-order valence-electron chi connectivity index (χ2n) is 5.70. The van der Waals surface area contributed by atoms with Gasteiger partial charge in [0, 0.05) is 0 Å². The highest BCUT2D eigenvalue weighted by molar-refractivity contribution is 5.30. The van der Waals surface area contributed by atoms with E-state index in [1.54, 1.807) is 5.56 Å². The lowest BCUT2D eigenvalue weighted by Crippen LogP contribution is -2.30. The van der Waals surface area contributed by atoms with Gasteiger partial charge in [-0.2, -0.15) is 0 Å². The fourth-order valence-corrected chi connectivity index (χ4v) is 3.33. The molecule has 1 saturated carbocycles. The molecule has 1 heteroatoms. The highest BCUT2D eigenvalue weighted by atomic mass is 14.8. The zero-order chi connectivity index (χ0) is 12.3. The minimum atomic E-state index is 0.757. The predicted octanol–water partition coefficient (Wildman–Crippen LogP) is 3.73. The van der Waals surface area contributed by atoms with Gasteiger partial charge in [-0.1, -0.05) is 37.6 Å². The smallest absolute Gasteiger partial charge is 0.00177 e. The van der Waals surface area contributed by atoms with Gasteiger partial charge in [0.25, 0.3) is 0 Å². The van der Waals surface area contributed by atoms with Crippen molar-refractivity contribution in [2.24, 2.45) is 11.8 Å². The lowest BCUT2D eigenvalue weighted by atomic mass is 9.71. The van der Waals surface area contributed by atoms with Gasteiger partial charge in [0.15, 0.2) is 0 Å². The molecule has 0 radical (unpaired) electrons. The minimum Gasteiger partial charge on any atom is -0.319 e. The van der Waals surface area contributed by atoms with Gasteiger partial charge < -0.3 is 5.32 Å². The highest BCUT2D eigenvalue weighted by Gasteiger charge is 2.29. The number of rotatable bonds is 3. The lowest BCUT2D eigenvalue weighted by Gasteiger charge is -2.36. The summed E-state index contributed by atoms with van der Waals surface area (Å²) in [5, 5.41) is 3.37. The maximum absolute atomic E-state index is 3.37. The average molecular weight is 231 g/mol. The van der Waals surface area contributed by atoms with E-state index in [0.29, 0.717) is 0 Å². The Labute approximate surface area is 106 Å². The normalized spacial score (nSPS) is 29.2. The molecule has 0 aromatic heterocycles. The lowest BCUT2D eigenvalue weighted by molar-refractivity contribution is 0.244. The van der Waals surface area contributed by atoms with E-state index in [0.717, 1.165) is 24.3 Å². The van der Waals surface area contributed by atoms with Crippen molar-refractivity contribution in [3.05, 3.63) is 35.4 Å². The molecule has 0 spiro atoms. The molecule has 3 unspecified atom stereocenters. The molecule has 94 valence electrons. The Morgan fingerprint density at radius 2 is 2.00 bits per heavy atom. The maximum Gasteiger partial charge on any atom is -0.00177 e. The molecule has 1 fully saturated rings. The summed E-state index contributed by atoms with van der Waals surface area (Å²) in [4.78, 5) is 0. The molecule has 1 aromatic rings. The molecule has 1 aromatic carbocycles. The summed E-state index contributed by atoms with van der Waals surface area (Å²) in [6.45, 7) is 5.82. The highest BCUT2D eigenvalue weighted by Crippen LogP contribution is 2.41. The van der Waals surface area contributed by atoms with Crippen molar-refractivity contribution in [1.29, 1.82) is 0 Å². The van der Waals surface area contributed by atoms with E-state index >= 15 is 0 Å². The van der Waals surface area contributed by atoms with Crippen molar-refractivity contribution in [1.82, 2.24) is 5.32 Å². The second kappa shape index (κ2) is 5.68. The Kier molecular flexibility index (Phi) is 4.22. The van der Waals surface area contributed by atoms with Gasteiger partial charge in [0.05, 0.1) is 0 Å². The third kappa shape index (κ3) is 2.90. The first kappa shape index (κ1) is 12.6. The number of hydrogen-bond donors (Lipinski definition) is 1. The standard InChI is InChI=1S/C16H25N/c1-12-8-9-14(11-17-3)16(10-12)15-7-5-4-6-13(15)2/h4-7,12,14,16-17H,8-11H2,1-3H3. The molecule has 1 N–H and O–H groups in total. The van der Waals surface area contributed by atoms with E-state index in [4.69, 9.17) is 0 Å². The van der Waals surface area contributed by atoms with Crippen LogP contribution in [0.5, 0.6) is 0 Å². The molecule has 0 amide bonds. The Balaban J connectivity index is 2.22. The SMILES string of the molecule is CNCC1CCC(C)CC1c1ccccc1C. The summed E-state index contributed by atoms with van der Waals surface area (Å²) in [5.41, 5.74) is 3.05. The van der Waals surface area contributed by atoms with E-state index in [-0.39, 0.29) is 0 Å². The molecule has 2 rings (SSSR count). The monoisotopic (exact) mass is 231 g/mol. The van der Waals surface area contributed by atoms with Gasteiger partial charge in [-0.05, 0) is 62.2 Å². The summed E-state index contributed by atoms with van der Waals surface area (Å²) < 4.78 is 0. The fourth-order valence-electron chi connectivity index (χ4n) is 3.33. The zero-order valence-electron chi connectivity index (χ0n) is 11.4. The average Bonchev–Trinajstić information content (AvgIpc) is 2.32. The van der Waals surface area contributed by atoms with Gasteiger partial charge in [-0.3, -0.25) is 0 Å². The molecule has 0 bridgehead atoms.